The maximum Gasteiger partial charge on any atom is 0.336 e. The van der Waals surface area contributed by atoms with Gasteiger partial charge in [0.05, 0.1) is 29.4 Å². The molecule has 2 aromatic carbocycles. The second-order valence-corrected chi connectivity index (χ2v) is 7.21. The first-order chi connectivity index (χ1) is 14.2. The van der Waals surface area contributed by atoms with Crippen LogP contribution in [0.2, 0.25) is 0 Å². The Morgan fingerprint density at radius 2 is 1.66 bits per heavy atom. The zero-order chi connectivity index (χ0) is 20.2. The van der Waals surface area contributed by atoms with Crippen LogP contribution in [0.3, 0.4) is 0 Å². The molecule has 6 heteroatoms. The highest BCUT2D eigenvalue weighted by Gasteiger charge is 2.24. The van der Waals surface area contributed by atoms with Crippen molar-refractivity contribution in [3.05, 3.63) is 65.7 Å². The van der Waals surface area contributed by atoms with Crippen LogP contribution in [0.5, 0.6) is 0 Å². The fraction of sp³-hybridized carbons (Fsp3) is 0.261. The summed E-state index contributed by atoms with van der Waals surface area (Å²) in [6.07, 6.45) is 0. The number of nitriles is 1. The molecule has 0 atom stereocenters. The van der Waals surface area contributed by atoms with E-state index in [9.17, 15) is 9.90 Å². The molecule has 146 valence electrons. The third-order valence-electron chi connectivity index (χ3n) is 5.40. The van der Waals surface area contributed by atoms with Gasteiger partial charge >= 0.3 is 5.97 Å². The lowest BCUT2D eigenvalue weighted by Gasteiger charge is -2.34. The number of carboxylic acid groups (broad SMARTS) is 1. The van der Waals surface area contributed by atoms with Gasteiger partial charge in [0.2, 0.25) is 0 Å². The molecule has 0 radical (unpaired) electrons. The van der Waals surface area contributed by atoms with E-state index in [-0.39, 0.29) is 0 Å². The number of carboxylic acids is 1. The minimum Gasteiger partial charge on any atom is -0.478 e. The van der Waals surface area contributed by atoms with Crippen LogP contribution in [-0.2, 0) is 6.54 Å². The van der Waals surface area contributed by atoms with Crippen molar-refractivity contribution in [2.75, 3.05) is 32.7 Å². The second kappa shape index (κ2) is 8.39. The molecule has 1 fully saturated rings. The summed E-state index contributed by atoms with van der Waals surface area (Å²) in [5, 5.41) is 19.7. The molecule has 4 rings (SSSR count). The van der Waals surface area contributed by atoms with E-state index < -0.39 is 5.97 Å². The van der Waals surface area contributed by atoms with E-state index in [1.807, 2.05) is 54.6 Å². The average molecular weight is 386 g/mol. The molecule has 1 aliphatic rings. The van der Waals surface area contributed by atoms with Crippen molar-refractivity contribution in [2.24, 2.45) is 0 Å². The Kier molecular flexibility index (Phi) is 5.52. The Labute approximate surface area is 169 Å². The highest BCUT2D eigenvalue weighted by Crippen LogP contribution is 2.31. The first kappa shape index (κ1) is 19.1. The van der Waals surface area contributed by atoms with Gasteiger partial charge < -0.3 is 5.11 Å². The van der Waals surface area contributed by atoms with E-state index >= 15 is 0 Å². The molecule has 1 saturated heterocycles. The van der Waals surface area contributed by atoms with E-state index in [0.29, 0.717) is 29.6 Å². The molecule has 0 aliphatic carbocycles. The number of para-hydroxylation sites is 1. The third-order valence-corrected chi connectivity index (χ3v) is 5.40. The predicted molar refractivity (Wildman–Crippen MR) is 111 cm³/mol. The summed E-state index contributed by atoms with van der Waals surface area (Å²) >= 11 is 0. The van der Waals surface area contributed by atoms with Crippen LogP contribution in [-0.4, -0.2) is 58.6 Å². The van der Waals surface area contributed by atoms with Gasteiger partial charge in [-0.25, -0.2) is 9.78 Å². The number of fused-ring (bicyclic) bond motifs is 1. The number of piperazine rings is 1. The fourth-order valence-corrected chi connectivity index (χ4v) is 3.91. The monoisotopic (exact) mass is 386 g/mol. The highest BCUT2D eigenvalue weighted by atomic mass is 16.4. The van der Waals surface area contributed by atoms with Crippen molar-refractivity contribution in [3.8, 4) is 17.3 Å². The van der Waals surface area contributed by atoms with Crippen molar-refractivity contribution in [2.45, 2.75) is 6.54 Å². The number of nitrogens with zero attached hydrogens (tertiary/aromatic N) is 4. The number of aromatic carboxylic acids is 1. The topological polar surface area (TPSA) is 80.5 Å². The van der Waals surface area contributed by atoms with Gasteiger partial charge in [0.15, 0.2) is 0 Å². The summed E-state index contributed by atoms with van der Waals surface area (Å²) in [5.74, 6) is -0.932. The summed E-state index contributed by atoms with van der Waals surface area (Å²) in [6.45, 7) is 4.14. The molecule has 1 N–H and O–H groups in total. The molecule has 0 unspecified atom stereocenters. The van der Waals surface area contributed by atoms with Gasteiger partial charge in [-0.2, -0.15) is 5.26 Å². The van der Waals surface area contributed by atoms with Crippen LogP contribution in [0.1, 0.15) is 15.9 Å². The van der Waals surface area contributed by atoms with E-state index in [4.69, 9.17) is 10.2 Å². The summed E-state index contributed by atoms with van der Waals surface area (Å²) in [7, 11) is 0. The SMILES string of the molecule is N#CCN1CCN(Cc2c(-c3ccccc3)nc3ccccc3c2C(=O)O)CC1. The van der Waals surface area contributed by atoms with Crippen LogP contribution in [0, 0.1) is 11.3 Å². The summed E-state index contributed by atoms with van der Waals surface area (Å²) in [6, 6.07) is 19.4. The van der Waals surface area contributed by atoms with E-state index in [1.54, 1.807) is 0 Å². The number of aromatic nitrogens is 1. The maximum absolute atomic E-state index is 12.3. The standard InChI is InChI=1S/C23H22N4O2/c24-10-11-26-12-14-27(15-13-26)16-19-21(23(28)29)18-8-4-5-9-20(18)25-22(19)17-6-2-1-3-7-17/h1-9H,11-16H2,(H,28,29). The largest absolute Gasteiger partial charge is 0.478 e. The smallest absolute Gasteiger partial charge is 0.336 e. The number of hydrogen-bond donors (Lipinski definition) is 1. The van der Waals surface area contributed by atoms with Gasteiger partial charge in [0, 0.05) is 49.2 Å². The molecule has 0 bridgehead atoms. The van der Waals surface area contributed by atoms with E-state index in [1.165, 1.54) is 0 Å². The second-order valence-electron chi connectivity index (χ2n) is 7.21. The van der Waals surface area contributed by atoms with Gasteiger partial charge in [0.1, 0.15) is 0 Å². The zero-order valence-electron chi connectivity index (χ0n) is 16.1. The number of benzene rings is 2. The van der Waals surface area contributed by atoms with Crippen LogP contribution < -0.4 is 0 Å². The van der Waals surface area contributed by atoms with Crippen LogP contribution >= 0.6 is 0 Å². The maximum atomic E-state index is 12.3. The lowest BCUT2D eigenvalue weighted by molar-refractivity contribution is 0.0695. The molecular formula is C23H22N4O2. The normalized spacial score (nSPS) is 15.3. The number of carbonyl (C=O) groups is 1. The Morgan fingerprint density at radius 3 is 2.34 bits per heavy atom. The van der Waals surface area contributed by atoms with Crippen molar-refractivity contribution < 1.29 is 9.90 Å². The Hall–Kier alpha value is -3.27. The van der Waals surface area contributed by atoms with Crippen molar-refractivity contribution in [3.63, 3.8) is 0 Å². The Balaban J connectivity index is 1.79. The number of rotatable bonds is 5. The highest BCUT2D eigenvalue weighted by molar-refractivity contribution is 6.05. The van der Waals surface area contributed by atoms with Gasteiger partial charge in [0.25, 0.3) is 0 Å². The Morgan fingerprint density at radius 1 is 1.00 bits per heavy atom. The molecule has 0 saturated carbocycles. The van der Waals surface area contributed by atoms with Gasteiger partial charge in [-0.3, -0.25) is 9.80 Å². The molecule has 29 heavy (non-hydrogen) atoms. The predicted octanol–water partition coefficient (Wildman–Crippen LogP) is 3.24. The quantitative estimate of drug-likeness (QED) is 0.678. The minimum absolute atomic E-state index is 0.328. The first-order valence-corrected chi connectivity index (χ1v) is 9.69. The van der Waals surface area contributed by atoms with Crippen LogP contribution in [0.15, 0.2) is 54.6 Å². The van der Waals surface area contributed by atoms with E-state index in [0.717, 1.165) is 43.0 Å². The lowest BCUT2D eigenvalue weighted by atomic mass is 9.96. The van der Waals surface area contributed by atoms with Gasteiger partial charge in [-0.1, -0.05) is 48.5 Å². The molecule has 0 spiro atoms. The molecule has 0 amide bonds. The van der Waals surface area contributed by atoms with Crippen LogP contribution in [0.4, 0.5) is 0 Å². The fourth-order valence-electron chi connectivity index (χ4n) is 3.91. The Bertz CT molecular complexity index is 1070. The molecule has 1 aromatic heterocycles. The lowest BCUT2D eigenvalue weighted by Crippen LogP contribution is -2.46. The van der Waals surface area contributed by atoms with Gasteiger partial charge in [-0.05, 0) is 6.07 Å². The van der Waals surface area contributed by atoms with Crippen molar-refractivity contribution in [1.29, 1.82) is 5.26 Å². The molecule has 1 aliphatic heterocycles. The summed E-state index contributed by atoms with van der Waals surface area (Å²) < 4.78 is 0. The number of hydrogen-bond acceptors (Lipinski definition) is 5. The molecule has 2 heterocycles. The van der Waals surface area contributed by atoms with Gasteiger partial charge in [-0.15, -0.1) is 0 Å². The van der Waals surface area contributed by atoms with Crippen LogP contribution in [0.25, 0.3) is 22.2 Å². The molecular weight excluding hydrogens is 364 g/mol. The minimum atomic E-state index is -0.932. The third kappa shape index (κ3) is 3.97. The summed E-state index contributed by atoms with van der Waals surface area (Å²) in [5.41, 5.74) is 3.40. The van der Waals surface area contributed by atoms with Crippen molar-refractivity contribution >= 4 is 16.9 Å². The summed E-state index contributed by atoms with van der Waals surface area (Å²) in [4.78, 5) is 21.5. The molecule has 6 nitrogen and oxygen atoms in total. The van der Waals surface area contributed by atoms with E-state index in [2.05, 4.69) is 15.9 Å². The zero-order valence-corrected chi connectivity index (χ0v) is 16.1. The molecule has 3 aromatic rings. The van der Waals surface area contributed by atoms with Crippen molar-refractivity contribution in [1.82, 2.24) is 14.8 Å². The number of pyridine rings is 1. The average Bonchev–Trinajstić information content (AvgIpc) is 2.75. The first-order valence-electron chi connectivity index (χ1n) is 9.69.